The van der Waals surface area contributed by atoms with Crippen LogP contribution in [-0.2, 0) is 4.79 Å². The lowest BCUT2D eigenvalue weighted by molar-refractivity contribution is -0.131. The molecule has 2 aromatic rings. The third-order valence-electron chi connectivity index (χ3n) is 2.26. The monoisotopic (exact) mass is 235 g/mol. The van der Waals surface area contributed by atoms with Crippen molar-refractivity contribution in [1.29, 1.82) is 0 Å². The predicted octanol–water partition coefficient (Wildman–Crippen LogP) is 0.581. The molecular formula is C11H9NO5. The third kappa shape index (κ3) is 2.26. The van der Waals surface area contributed by atoms with Gasteiger partial charge in [-0.1, -0.05) is 6.07 Å². The molecule has 1 aromatic heterocycles. The molecular weight excluding hydrogens is 226 g/mol. The maximum absolute atomic E-state index is 10.9. The summed E-state index contributed by atoms with van der Waals surface area (Å²) in [7, 11) is 0. The highest BCUT2D eigenvalue weighted by Gasteiger charge is 2.07. The summed E-state index contributed by atoms with van der Waals surface area (Å²) in [6.45, 7) is -0.410. The zero-order chi connectivity index (χ0) is 12.4. The minimum absolute atomic E-state index is 0.239. The van der Waals surface area contributed by atoms with Crippen molar-refractivity contribution < 1.29 is 19.4 Å². The average molecular weight is 235 g/mol. The van der Waals surface area contributed by atoms with Crippen molar-refractivity contribution in [3.8, 4) is 0 Å². The lowest BCUT2D eigenvalue weighted by Gasteiger charge is -2.02. The summed E-state index contributed by atoms with van der Waals surface area (Å²) in [4.78, 5) is 23.9. The summed E-state index contributed by atoms with van der Waals surface area (Å²) in [5.74, 6) is -1.73. The largest absolute Gasteiger partial charge is 0.478 e. The van der Waals surface area contributed by atoms with Crippen molar-refractivity contribution in [1.82, 2.24) is 4.98 Å². The van der Waals surface area contributed by atoms with Gasteiger partial charge in [0.25, 0.3) is 0 Å². The molecule has 0 saturated heterocycles. The lowest BCUT2D eigenvalue weighted by Crippen LogP contribution is -1.96. The Morgan fingerprint density at radius 3 is 2.88 bits per heavy atom. The van der Waals surface area contributed by atoms with E-state index in [9.17, 15) is 9.59 Å². The highest BCUT2D eigenvalue weighted by atomic mass is 16.4. The van der Waals surface area contributed by atoms with Crippen molar-refractivity contribution in [2.45, 2.75) is 0 Å². The third-order valence-corrected chi connectivity index (χ3v) is 2.26. The van der Waals surface area contributed by atoms with Crippen LogP contribution in [0.4, 0.5) is 0 Å². The smallest absolute Gasteiger partial charge is 0.417 e. The van der Waals surface area contributed by atoms with Gasteiger partial charge >= 0.3 is 11.7 Å². The topological polar surface area (TPSA) is 104 Å². The molecule has 2 rings (SSSR count). The van der Waals surface area contributed by atoms with Gasteiger partial charge in [-0.15, -0.1) is 0 Å². The van der Waals surface area contributed by atoms with E-state index in [0.29, 0.717) is 16.7 Å². The van der Waals surface area contributed by atoms with Crippen LogP contribution in [0.2, 0.25) is 0 Å². The summed E-state index contributed by atoms with van der Waals surface area (Å²) in [5, 5.41) is 17.7. The second-order valence-corrected chi connectivity index (χ2v) is 3.39. The van der Waals surface area contributed by atoms with Gasteiger partial charge in [-0.25, -0.2) is 9.59 Å². The number of hydrogen-bond acceptors (Lipinski definition) is 4. The van der Waals surface area contributed by atoms with Crippen LogP contribution in [0.5, 0.6) is 0 Å². The number of aromatic amines is 1. The molecule has 6 nitrogen and oxygen atoms in total. The SMILES string of the molecule is O=C(O)/C=C(\CO)c1ccc2[nH]c(=O)oc2c1. The van der Waals surface area contributed by atoms with Crippen molar-refractivity contribution >= 4 is 22.6 Å². The van der Waals surface area contributed by atoms with E-state index in [4.69, 9.17) is 14.6 Å². The van der Waals surface area contributed by atoms with Crippen LogP contribution < -0.4 is 5.76 Å². The summed E-state index contributed by atoms with van der Waals surface area (Å²) in [6, 6.07) is 4.68. The van der Waals surface area contributed by atoms with E-state index in [1.54, 1.807) is 12.1 Å². The van der Waals surface area contributed by atoms with E-state index in [1.807, 2.05) is 0 Å². The molecule has 1 heterocycles. The van der Waals surface area contributed by atoms with Crippen molar-refractivity contribution in [2.75, 3.05) is 6.61 Å². The van der Waals surface area contributed by atoms with Crippen LogP contribution in [0.3, 0.4) is 0 Å². The summed E-state index contributed by atoms with van der Waals surface area (Å²) < 4.78 is 4.84. The van der Waals surface area contributed by atoms with E-state index >= 15 is 0 Å². The van der Waals surface area contributed by atoms with Gasteiger partial charge < -0.3 is 14.6 Å². The number of aliphatic hydroxyl groups excluding tert-OH is 1. The molecule has 1 aromatic carbocycles. The quantitative estimate of drug-likeness (QED) is 0.675. The van der Waals surface area contributed by atoms with E-state index in [0.717, 1.165) is 6.08 Å². The lowest BCUT2D eigenvalue weighted by atomic mass is 10.1. The number of aliphatic hydroxyl groups is 1. The second kappa shape index (κ2) is 4.26. The van der Waals surface area contributed by atoms with Crippen molar-refractivity contribution in [3.63, 3.8) is 0 Å². The first kappa shape index (κ1) is 11.2. The van der Waals surface area contributed by atoms with E-state index in [2.05, 4.69) is 4.98 Å². The fourth-order valence-corrected chi connectivity index (χ4v) is 1.51. The highest BCUT2D eigenvalue weighted by Crippen LogP contribution is 2.19. The van der Waals surface area contributed by atoms with Crippen LogP contribution in [-0.4, -0.2) is 27.8 Å². The molecule has 3 N–H and O–H groups in total. The van der Waals surface area contributed by atoms with Crippen LogP contribution in [0.25, 0.3) is 16.7 Å². The van der Waals surface area contributed by atoms with Crippen LogP contribution in [0.15, 0.2) is 33.5 Å². The molecule has 17 heavy (non-hydrogen) atoms. The van der Waals surface area contributed by atoms with Gasteiger partial charge in [0.1, 0.15) is 0 Å². The van der Waals surface area contributed by atoms with Gasteiger partial charge in [0, 0.05) is 6.08 Å². The van der Waals surface area contributed by atoms with Gasteiger partial charge in [0.2, 0.25) is 0 Å². The normalized spacial score (nSPS) is 11.9. The summed E-state index contributed by atoms with van der Waals surface area (Å²) >= 11 is 0. The first-order valence-corrected chi connectivity index (χ1v) is 4.78. The number of nitrogens with one attached hydrogen (secondary N) is 1. The number of benzene rings is 1. The Labute approximate surface area is 94.8 Å². The minimum atomic E-state index is -1.15. The van der Waals surface area contributed by atoms with Gasteiger partial charge in [-0.3, -0.25) is 4.98 Å². The van der Waals surface area contributed by atoms with Crippen LogP contribution >= 0.6 is 0 Å². The zero-order valence-corrected chi connectivity index (χ0v) is 8.64. The standard InChI is InChI=1S/C11H9NO5/c13-5-7(4-10(14)15)6-1-2-8-9(3-6)17-11(16)12-8/h1-4,13H,5H2,(H,12,16)(H,14,15)/b7-4+. The molecule has 0 radical (unpaired) electrons. The zero-order valence-electron chi connectivity index (χ0n) is 8.64. The number of fused-ring (bicyclic) bond motifs is 1. The Kier molecular flexibility index (Phi) is 2.80. The summed E-state index contributed by atoms with van der Waals surface area (Å²) in [6.07, 6.45) is 0.909. The molecule has 0 unspecified atom stereocenters. The Hall–Kier alpha value is -2.34. The fraction of sp³-hybridized carbons (Fsp3) is 0.0909. The molecule has 88 valence electrons. The molecule has 0 spiro atoms. The molecule has 6 heteroatoms. The van der Waals surface area contributed by atoms with Gasteiger partial charge in [0.05, 0.1) is 12.1 Å². The summed E-state index contributed by atoms with van der Waals surface area (Å²) in [5.41, 5.74) is 1.57. The van der Waals surface area contributed by atoms with Crippen LogP contribution in [0, 0.1) is 0 Å². The molecule has 0 aliphatic heterocycles. The van der Waals surface area contributed by atoms with Crippen molar-refractivity contribution in [3.05, 3.63) is 40.4 Å². The number of H-pyrrole nitrogens is 1. The Bertz CT molecular complexity index is 649. The van der Waals surface area contributed by atoms with Crippen molar-refractivity contribution in [2.24, 2.45) is 0 Å². The van der Waals surface area contributed by atoms with E-state index in [-0.39, 0.29) is 5.57 Å². The predicted molar refractivity (Wildman–Crippen MR) is 59.5 cm³/mol. The van der Waals surface area contributed by atoms with E-state index < -0.39 is 18.3 Å². The molecule has 0 fully saturated rings. The molecule has 0 aliphatic carbocycles. The number of carboxylic acids is 1. The van der Waals surface area contributed by atoms with Crippen LogP contribution in [0.1, 0.15) is 5.56 Å². The molecule has 0 saturated carbocycles. The highest BCUT2D eigenvalue weighted by molar-refractivity contribution is 5.91. The maximum atomic E-state index is 10.9. The van der Waals surface area contributed by atoms with E-state index in [1.165, 1.54) is 6.07 Å². The van der Waals surface area contributed by atoms with Gasteiger partial charge in [-0.05, 0) is 23.3 Å². The molecule has 0 aliphatic rings. The number of carboxylic acid groups (broad SMARTS) is 1. The van der Waals surface area contributed by atoms with Gasteiger partial charge in [0.15, 0.2) is 5.58 Å². The minimum Gasteiger partial charge on any atom is -0.478 e. The number of aliphatic carboxylic acids is 1. The molecule has 0 atom stereocenters. The molecule has 0 bridgehead atoms. The number of hydrogen-bond donors (Lipinski definition) is 3. The maximum Gasteiger partial charge on any atom is 0.417 e. The average Bonchev–Trinajstić information content (AvgIpc) is 2.64. The van der Waals surface area contributed by atoms with Gasteiger partial charge in [-0.2, -0.15) is 0 Å². The number of rotatable bonds is 3. The Morgan fingerprint density at radius 1 is 1.47 bits per heavy atom. The molecule has 0 amide bonds. The fourth-order valence-electron chi connectivity index (χ4n) is 1.51. The first-order valence-electron chi connectivity index (χ1n) is 4.78. The Morgan fingerprint density at radius 2 is 2.24 bits per heavy atom. The number of carbonyl (C=O) groups is 1. The second-order valence-electron chi connectivity index (χ2n) is 3.39. The Balaban J connectivity index is 2.54. The number of aromatic nitrogens is 1. The first-order chi connectivity index (χ1) is 8.10. The number of oxazole rings is 1.